The first kappa shape index (κ1) is 14.1. The third kappa shape index (κ3) is 4.35. The van der Waals surface area contributed by atoms with E-state index in [2.05, 4.69) is 22.8 Å². The monoisotopic (exact) mass is 279 g/mol. The summed E-state index contributed by atoms with van der Waals surface area (Å²) in [5, 5.41) is 7.99. The second-order valence-corrected chi connectivity index (χ2v) is 5.57. The molecule has 2 atom stereocenters. The fourth-order valence-electron chi connectivity index (χ4n) is 2.41. The van der Waals surface area contributed by atoms with Crippen LogP contribution in [0.4, 0.5) is 0 Å². The van der Waals surface area contributed by atoms with Gasteiger partial charge in [0.15, 0.2) is 5.11 Å². The van der Waals surface area contributed by atoms with Gasteiger partial charge in [-0.1, -0.05) is 19.8 Å². The lowest BCUT2D eigenvalue weighted by Crippen LogP contribution is -2.44. The van der Waals surface area contributed by atoms with Crippen LogP contribution >= 0.6 is 12.2 Å². The van der Waals surface area contributed by atoms with Crippen LogP contribution in [-0.2, 0) is 0 Å². The van der Waals surface area contributed by atoms with E-state index < -0.39 is 0 Å². The molecule has 19 heavy (non-hydrogen) atoms. The SMILES string of the molecule is Cc1ccc(/C=N\NC(=S)N[C@H]2CCCC[C@@H]2C)o1. The van der Waals surface area contributed by atoms with Crippen LogP contribution in [0, 0.1) is 12.8 Å². The van der Waals surface area contributed by atoms with E-state index in [-0.39, 0.29) is 0 Å². The Kier molecular flexibility index (Phi) is 4.96. The zero-order chi connectivity index (χ0) is 13.7. The number of hydrogen-bond donors (Lipinski definition) is 2. The van der Waals surface area contributed by atoms with Gasteiger partial charge in [-0.3, -0.25) is 5.43 Å². The maximum Gasteiger partial charge on any atom is 0.187 e. The molecule has 0 aromatic carbocycles. The van der Waals surface area contributed by atoms with Crippen molar-refractivity contribution in [2.45, 2.75) is 45.6 Å². The van der Waals surface area contributed by atoms with E-state index in [0.717, 1.165) is 11.5 Å². The lowest BCUT2D eigenvalue weighted by molar-refractivity contribution is 0.308. The number of furan rings is 1. The summed E-state index contributed by atoms with van der Waals surface area (Å²) in [4.78, 5) is 0. The molecule has 0 bridgehead atoms. The summed E-state index contributed by atoms with van der Waals surface area (Å²) in [5.74, 6) is 2.27. The van der Waals surface area contributed by atoms with E-state index in [1.807, 2.05) is 19.1 Å². The Hall–Kier alpha value is -1.36. The molecule has 2 N–H and O–H groups in total. The molecule has 1 fully saturated rings. The average molecular weight is 279 g/mol. The van der Waals surface area contributed by atoms with Crippen LogP contribution in [0.15, 0.2) is 21.7 Å². The molecule has 104 valence electrons. The van der Waals surface area contributed by atoms with Crippen LogP contribution in [-0.4, -0.2) is 17.4 Å². The highest BCUT2D eigenvalue weighted by atomic mass is 32.1. The Balaban J connectivity index is 1.76. The molecular weight excluding hydrogens is 258 g/mol. The van der Waals surface area contributed by atoms with Gasteiger partial charge in [-0.05, 0) is 50.0 Å². The Labute approximate surface area is 119 Å². The predicted octanol–water partition coefficient (Wildman–Crippen LogP) is 2.96. The highest BCUT2D eigenvalue weighted by molar-refractivity contribution is 7.80. The number of nitrogens with zero attached hydrogens (tertiary/aromatic N) is 1. The fraction of sp³-hybridized carbons (Fsp3) is 0.571. The molecule has 0 amide bonds. The van der Waals surface area contributed by atoms with Crippen molar-refractivity contribution < 1.29 is 4.42 Å². The predicted molar refractivity (Wildman–Crippen MR) is 81.3 cm³/mol. The topological polar surface area (TPSA) is 49.6 Å². The maximum atomic E-state index is 5.38. The van der Waals surface area contributed by atoms with Crippen LogP contribution in [0.2, 0.25) is 0 Å². The third-order valence-corrected chi connectivity index (χ3v) is 3.76. The molecule has 0 aliphatic heterocycles. The van der Waals surface area contributed by atoms with Crippen LogP contribution in [0.3, 0.4) is 0 Å². The summed E-state index contributed by atoms with van der Waals surface area (Å²) < 4.78 is 5.38. The third-order valence-electron chi connectivity index (χ3n) is 3.55. The first-order chi connectivity index (χ1) is 9.15. The van der Waals surface area contributed by atoms with Gasteiger partial charge in [0.05, 0.1) is 6.21 Å². The minimum Gasteiger partial charge on any atom is -0.460 e. The van der Waals surface area contributed by atoms with Crippen molar-refractivity contribution in [2.24, 2.45) is 11.0 Å². The van der Waals surface area contributed by atoms with Crippen molar-refractivity contribution in [3.05, 3.63) is 23.7 Å². The number of nitrogens with one attached hydrogen (secondary N) is 2. The van der Waals surface area contributed by atoms with Gasteiger partial charge in [0.25, 0.3) is 0 Å². The molecule has 1 heterocycles. The van der Waals surface area contributed by atoms with Gasteiger partial charge in [-0.25, -0.2) is 0 Å². The Morgan fingerprint density at radius 2 is 2.21 bits per heavy atom. The molecule has 4 nitrogen and oxygen atoms in total. The second kappa shape index (κ2) is 6.70. The van der Waals surface area contributed by atoms with Gasteiger partial charge >= 0.3 is 0 Å². The van der Waals surface area contributed by atoms with E-state index in [1.165, 1.54) is 25.7 Å². The van der Waals surface area contributed by atoms with Gasteiger partial charge in [0.2, 0.25) is 0 Å². The quantitative estimate of drug-likeness (QED) is 0.507. The summed E-state index contributed by atoms with van der Waals surface area (Å²) in [6, 6.07) is 4.25. The normalized spacial score (nSPS) is 23.5. The molecule has 1 aliphatic rings. The molecule has 2 rings (SSSR count). The van der Waals surface area contributed by atoms with E-state index in [9.17, 15) is 0 Å². The van der Waals surface area contributed by atoms with Gasteiger partial charge in [0.1, 0.15) is 11.5 Å². The lowest BCUT2D eigenvalue weighted by Gasteiger charge is -2.30. The summed E-state index contributed by atoms with van der Waals surface area (Å²) >= 11 is 5.24. The van der Waals surface area contributed by atoms with E-state index >= 15 is 0 Å². The maximum absolute atomic E-state index is 5.38. The molecule has 0 spiro atoms. The number of aryl methyl sites for hydroxylation is 1. The molecule has 5 heteroatoms. The first-order valence-electron chi connectivity index (χ1n) is 6.81. The van der Waals surface area contributed by atoms with E-state index in [4.69, 9.17) is 16.6 Å². The molecule has 0 saturated heterocycles. The zero-order valence-electron chi connectivity index (χ0n) is 11.5. The molecule has 1 aromatic heterocycles. The average Bonchev–Trinajstić information content (AvgIpc) is 2.78. The van der Waals surface area contributed by atoms with Gasteiger partial charge in [0, 0.05) is 6.04 Å². The van der Waals surface area contributed by atoms with Gasteiger partial charge < -0.3 is 9.73 Å². The lowest BCUT2D eigenvalue weighted by atomic mass is 9.86. The van der Waals surface area contributed by atoms with Crippen molar-refractivity contribution in [2.75, 3.05) is 0 Å². The van der Waals surface area contributed by atoms with Crippen LogP contribution in [0.5, 0.6) is 0 Å². The Morgan fingerprint density at radius 1 is 1.42 bits per heavy atom. The second-order valence-electron chi connectivity index (χ2n) is 5.16. The molecule has 0 radical (unpaired) electrons. The minimum absolute atomic E-state index is 0.467. The molecule has 0 unspecified atom stereocenters. The highest BCUT2D eigenvalue weighted by Gasteiger charge is 2.21. The summed E-state index contributed by atoms with van der Waals surface area (Å²) in [6.07, 6.45) is 6.69. The number of thiocarbonyl (C=S) groups is 1. The van der Waals surface area contributed by atoms with Crippen LogP contribution in [0.1, 0.15) is 44.1 Å². The largest absolute Gasteiger partial charge is 0.460 e. The molecular formula is C14H21N3OS. The zero-order valence-corrected chi connectivity index (χ0v) is 12.3. The van der Waals surface area contributed by atoms with E-state index in [1.54, 1.807) is 6.21 Å². The van der Waals surface area contributed by atoms with Crippen molar-refractivity contribution in [3.63, 3.8) is 0 Å². The molecule has 1 saturated carbocycles. The van der Waals surface area contributed by atoms with Crippen molar-refractivity contribution in [3.8, 4) is 0 Å². The van der Waals surface area contributed by atoms with Crippen LogP contribution in [0.25, 0.3) is 0 Å². The van der Waals surface area contributed by atoms with Crippen LogP contribution < -0.4 is 10.7 Å². The number of hydrazone groups is 1. The number of hydrogen-bond acceptors (Lipinski definition) is 3. The summed E-state index contributed by atoms with van der Waals surface area (Å²) in [7, 11) is 0. The highest BCUT2D eigenvalue weighted by Crippen LogP contribution is 2.23. The summed E-state index contributed by atoms with van der Waals surface area (Å²) in [5.41, 5.74) is 2.84. The standard InChI is InChI=1S/C14H21N3OS/c1-10-5-3-4-6-13(10)16-14(19)17-15-9-12-8-7-11(2)18-12/h7-10,13H,3-6H2,1-2H3,(H2,16,17,19)/b15-9-/t10-,13-/m0/s1. The summed E-state index contributed by atoms with van der Waals surface area (Å²) in [6.45, 7) is 4.18. The van der Waals surface area contributed by atoms with Gasteiger partial charge in [-0.2, -0.15) is 5.10 Å². The van der Waals surface area contributed by atoms with E-state index in [0.29, 0.717) is 17.1 Å². The van der Waals surface area contributed by atoms with Crippen molar-refractivity contribution >= 4 is 23.5 Å². The van der Waals surface area contributed by atoms with Crippen molar-refractivity contribution in [1.29, 1.82) is 0 Å². The molecule has 1 aliphatic carbocycles. The van der Waals surface area contributed by atoms with Crippen molar-refractivity contribution in [1.82, 2.24) is 10.7 Å². The minimum atomic E-state index is 0.467. The Morgan fingerprint density at radius 3 is 2.89 bits per heavy atom. The smallest absolute Gasteiger partial charge is 0.187 e. The first-order valence-corrected chi connectivity index (χ1v) is 7.22. The Bertz CT molecular complexity index is 455. The number of rotatable bonds is 3. The molecule has 1 aromatic rings. The van der Waals surface area contributed by atoms with Gasteiger partial charge in [-0.15, -0.1) is 0 Å². The fourth-order valence-corrected chi connectivity index (χ4v) is 2.61.